The molecule has 0 bridgehead atoms. The molecule has 0 saturated heterocycles. The summed E-state index contributed by atoms with van der Waals surface area (Å²) in [5.41, 5.74) is 0. The summed E-state index contributed by atoms with van der Waals surface area (Å²) in [7, 11) is 4.04. The van der Waals surface area contributed by atoms with Crippen molar-refractivity contribution in [3.8, 4) is 0 Å². The third-order valence-corrected chi connectivity index (χ3v) is 3.34. The third-order valence-electron chi connectivity index (χ3n) is 3.34. The fourth-order valence-electron chi connectivity index (χ4n) is 2.12. The molecular weight excluding hydrogens is 270 g/mol. The summed E-state index contributed by atoms with van der Waals surface area (Å²) in [6, 6.07) is 0.0887. The minimum absolute atomic E-state index is 0.0108. The predicted molar refractivity (Wildman–Crippen MR) is 84.5 cm³/mol. The number of urea groups is 1. The molecule has 0 spiro atoms. The summed E-state index contributed by atoms with van der Waals surface area (Å²) >= 11 is 0. The molecule has 124 valence electrons. The van der Waals surface area contributed by atoms with E-state index in [2.05, 4.69) is 4.90 Å². The summed E-state index contributed by atoms with van der Waals surface area (Å²) in [5, 5.41) is 8.71. The molecule has 0 saturated carbocycles. The molecule has 0 atom stereocenters. The minimum Gasteiger partial charge on any atom is -0.481 e. The van der Waals surface area contributed by atoms with Crippen molar-refractivity contribution in [3.63, 3.8) is 0 Å². The molecule has 2 amide bonds. The van der Waals surface area contributed by atoms with Crippen LogP contribution in [0.25, 0.3) is 0 Å². The molecule has 0 aromatic carbocycles. The van der Waals surface area contributed by atoms with Crippen LogP contribution in [0.15, 0.2) is 0 Å². The molecule has 0 heterocycles. The van der Waals surface area contributed by atoms with Gasteiger partial charge in [0.2, 0.25) is 0 Å². The van der Waals surface area contributed by atoms with Gasteiger partial charge in [0.15, 0.2) is 0 Å². The number of hydrogen-bond acceptors (Lipinski definition) is 3. The first-order valence-electron chi connectivity index (χ1n) is 7.71. The maximum absolute atomic E-state index is 12.6. The Morgan fingerprint density at radius 3 is 2.10 bits per heavy atom. The Morgan fingerprint density at radius 2 is 1.67 bits per heavy atom. The molecule has 6 heteroatoms. The second kappa shape index (κ2) is 10.4. The molecule has 0 radical (unpaired) electrons. The molecule has 0 aliphatic carbocycles. The van der Waals surface area contributed by atoms with E-state index in [4.69, 9.17) is 5.11 Å². The lowest BCUT2D eigenvalue weighted by Crippen LogP contribution is -2.47. The van der Waals surface area contributed by atoms with Gasteiger partial charge < -0.3 is 19.8 Å². The molecule has 0 fully saturated rings. The van der Waals surface area contributed by atoms with Gasteiger partial charge in [-0.3, -0.25) is 4.79 Å². The van der Waals surface area contributed by atoms with Crippen LogP contribution in [-0.2, 0) is 4.79 Å². The van der Waals surface area contributed by atoms with Gasteiger partial charge in [-0.1, -0.05) is 0 Å². The standard InChI is InChI=1S/C15H31N3O3/c1-6-17(11-8-10-16(4)5)15(21)18(13(2)3)12-7-9-14(19)20/h13H,6-12H2,1-5H3,(H,19,20). The zero-order valence-electron chi connectivity index (χ0n) is 14.1. The monoisotopic (exact) mass is 301 g/mol. The maximum Gasteiger partial charge on any atom is 0.320 e. The molecule has 21 heavy (non-hydrogen) atoms. The lowest BCUT2D eigenvalue weighted by atomic mass is 10.2. The highest BCUT2D eigenvalue weighted by atomic mass is 16.4. The largest absolute Gasteiger partial charge is 0.481 e. The number of rotatable bonds is 10. The van der Waals surface area contributed by atoms with Crippen molar-refractivity contribution in [2.45, 2.75) is 46.1 Å². The van der Waals surface area contributed by atoms with Crippen molar-refractivity contribution >= 4 is 12.0 Å². The number of aliphatic carboxylic acids is 1. The van der Waals surface area contributed by atoms with Crippen LogP contribution in [-0.4, -0.2) is 78.1 Å². The first kappa shape index (κ1) is 19.7. The van der Waals surface area contributed by atoms with Crippen molar-refractivity contribution in [3.05, 3.63) is 0 Å². The van der Waals surface area contributed by atoms with Gasteiger partial charge in [-0.15, -0.1) is 0 Å². The van der Waals surface area contributed by atoms with Crippen LogP contribution in [0.4, 0.5) is 4.79 Å². The summed E-state index contributed by atoms with van der Waals surface area (Å²) in [6.07, 6.45) is 1.53. The Bertz CT molecular complexity index is 319. The topological polar surface area (TPSA) is 64.1 Å². The van der Waals surface area contributed by atoms with Gasteiger partial charge in [0.1, 0.15) is 0 Å². The molecular formula is C15H31N3O3. The van der Waals surface area contributed by atoms with Gasteiger partial charge in [-0.05, 0) is 54.3 Å². The van der Waals surface area contributed by atoms with Crippen molar-refractivity contribution < 1.29 is 14.7 Å². The second-order valence-electron chi connectivity index (χ2n) is 5.80. The van der Waals surface area contributed by atoms with E-state index in [0.717, 1.165) is 19.5 Å². The fraction of sp³-hybridized carbons (Fsp3) is 0.867. The van der Waals surface area contributed by atoms with Crippen LogP contribution < -0.4 is 0 Å². The van der Waals surface area contributed by atoms with Gasteiger partial charge in [-0.2, -0.15) is 0 Å². The van der Waals surface area contributed by atoms with E-state index in [-0.39, 0.29) is 18.5 Å². The number of carboxylic acids is 1. The molecule has 0 aromatic rings. The number of nitrogens with zero attached hydrogens (tertiary/aromatic N) is 3. The smallest absolute Gasteiger partial charge is 0.320 e. The Kier molecular flexibility index (Phi) is 9.78. The second-order valence-corrected chi connectivity index (χ2v) is 5.80. The zero-order chi connectivity index (χ0) is 16.4. The predicted octanol–water partition coefficient (Wildman–Crippen LogP) is 1.96. The fourth-order valence-corrected chi connectivity index (χ4v) is 2.12. The molecule has 6 nitrogen and oxygen atoms in total. The number of carbonyl (C=O) groups excluding carboxylic acids is 1. The van der Waals surface area contributed by atoms with E-state index in [0.29, 0.717) is 19.5 Å². The molecule has 0 aliphatic heterocycles. The van der Waals surface area contributed by atoms with Gasteiger partial charge in [-0.25, -0.2) is 4.79 Å². The Morgan fingerprint density at radius 1 is 1.05 bits per heavy atom. The highest BCUT2D eigenvalue weighted by molar-refractivity contribution is 5.74. The summed E-state index contributed by atoms with van der Waals surface area (Å²) in [6.45, 7) is 8.75. The van der Waals surface area contributed by atoms with Gasteiger partial charge in [0.05, 0.1) is 0 Å². The first-order valence-corrected chi connectivity index (χ1v) is 7.71. The van der Waals surface area contributed by atoms with Crippen molar-refractivity contribution in [2.75, 3.05) is 40.3 Å². The normalized spacial score (nSPS) is 11.0. The van der Waals surface area contributed by atoms with E-state index in [9.17, 15) is 9.59 Å². The molecule has 0 aromatic heterocycles. The zero-order valence-corrected chi connectivity index (χ0v) is 14.1. The molecule has 0 unspecified atom stereocenters. The van der Waals surface area contributed by atoms with Crippen LogP contribution in [0.3, 0.4) is 0 Å². The Labute approximate surface area is 128 Å². The molecule has 0 aliphatic rings. The van der Waals surface area contributed by atoms with Crippen LogP contribution in [0, 0.1) is 0 Å². The first-order chi connectivity index (χ1) is 9.79. The average molecular weight is 301 g/mol. The van der Waals surface area contributed by atoms with Crippen LogP contribution in [0.2, 0.25) is 0 Å². The average Bonchev–Trinajstić information content (AvgIpc) is 2.38. The van der Waals surface area contributed by atoms with E-state index in [1.807, 2.05) is 39.8 Å². The van der Waals surface area contributed by atoms with Gasteiger partial charge in [0, 0.05) is 32.1 Å². The SMILES string of the molecule is CCN(CCCN(C)C)C(=O)N(CCCC(=O)O)C(C)C. The summed E-state index contributed by atoms with van der Waals surface area (Å²) in [5.74, 6) is -0.815. The number of carboxylic acid groups (broad SMARTS) is 1. The van der Waals surface area contributed by atoms with E-state index in [1.165, 1.54) is 0 Å². The van der Waals surface area contributed by atoms with Crippen LogP contribution in [0.5, 0.6) is 0 Å². The van der Waals surface area contributed by atoms with E-state index in [1.54, 1.807) is 4.90 Å². The third kappa shape index (κ3) is 8.55. The minimum atomic E-state index is -0.815. The molecule has 0 rings (SSSR count). The highest BCUT2D eigenvalue weighted by Crippen LogP contribution is 2.08. The van der Waals surface area contributed by atoms with Crippen molar-refractivity contribution in [2.24, 2.45) is 0 Å². The number of carbonyl (C=O) groups is 2. The van der Waals surface area contributed by atoms with E-state index >= 15 is 0 Å². The van der Waals surface area contributed by atoms with Gasteiger partial charge in [0.25, 0.3) is 0 Å². The van der Waals surface area contributed by atoms with Crippen LogP contribution >= 0.6 is 0 Å². The van der Waals surface area contributed by atoms with Gasteiger partial charge >= 0.3 is 12.0 Å². The number of amides is 2. The summed E-state index contributed by atoms with van der Waals surface area (Å²) in [4.78, 5) is 28.9. The molecule has 1 N–H and O–H groups in total. The Hall–Kier alpha value is -1.30. The maximum atomic E-state index is 12.6. The van der Waals surface area contributed by atoms with Crippen molar-refractivity contribution in [1.82, 2.24) is 14.7 Å². The van der Waals surface area contributed by atoms with E-state index < -0.39 is 5.97 Å². The quantitative estimate of drug-likeness (QED) is 0.670. The lowest BCUT2D eigenvalue weighted by molar-refractivity contribution is -0.137. The lowest BCUT2D eigenvalue weighted by Gasteiger charge is -2.33. The Balaban J connectivity index is 4.48. The highest BCUT2D eigenvalue weighted by Gasteiger charge is 2.21. The number of hydrogen-bond donors (Lipinski definition) is 1. The van der Waals surface area contributed by atoms with Crippen LogP contribution in [0.1, 0.15) is 40.0 Å². The van der Waals surface area contributed by atoms with Crippen molar-refractivity contribution in [1.29, 1.82) is 0 Å². The summed E-state index contributed by atoms with van der Waals surface area (Å²) < 4.78 is 0.